The van der Waals surface area contributed by atoms with Gasteiger partial charge in [0.05, 0.1) is 27.7 Å². The Morgan fingerprint density at radius 1 is 0.964 bits per heavy atom. The molecule has 7 nitrogen and oxygen atoms in total. The van der Waals surface area contributed by atoms with E-state index in [0.29, 0.717) is 16.1 Å². The molecule has 0 radical (unpaired) electrons. The fourth-order valence-electron chi connectivity index (χ4n) is 2.64. The van der Waals surface area contributed by atoms with Gasteiger partial charge in [0, 0.05) is 5.56 Å². The van der Waals surface area contributed by atoms with E-state index in [1.807, 2.05) is 0 Å². The number of carbonyl (C=O) groups excluding carboxylic acids is 4. The molecule has 1 heterocycles. The Morgan fingerprint density at radius 3 is 2.21 bits per heavy atom. The zero-order valence-electron chi connectivity index (χ0n) is 14.4. The average Bonchev–Trinajstić information content (AvgIpc) is 2.93. The van der Waals surface area contributed by atoms with Crippen LogP contribution in [0.4, 0.5) is 0 Å². The molecule has 1 aliphatic heterocycles. The highest BCUT2D eigenvalue weighted by Gasteiger charge is 2.34. The lowest BCUT2D eigenvalue weighted by atomic mass is 10.1. The molecule has 0 saturated carbocycles. The molecule has 0 atom stereocenters. The first-order valence-electron chi connectivity index (χ1n) is 8.22. The summed E-state index contributed by atoms with van der Waals surface area (Å²) < 4.78 is 4.98. The minimum absolute atomic E-state index is 0.0706. The molecule has 2 aromatic carbocycles. The first-order chi connectivity index (χ1) is 13.4. The van der Waals surface area contributed by atoms with Crippen molar-refractivity contribution in [1.29, 1.82) is 0 Å². The fraction of sp³-hybridized carbons (Fsp3) is 0.158. The molecular weight excluding hydrogens is 407 g/mol. The quantitative estimate of drug-likeness (QED) is 0.572. The number of esters is 1. The van der Waals surface area contributed by atoms with Gasteiger partial charge >= 0.3 is 5.97 Å². The number of hydrogen-bond donors (Lipinski definition) is 1. The van der Waals surface area contributed by atoms with E-state index in [0.717, 1.165) is 4.90 Å². The molecule has 3 amide bonds. The van der Waals surface area contributed by atoms with Crippen LogP contribution >= 0.6 is 23.2 Å². The maximum Gasteiger partial charge on any atom is 0.325 e. The number of nitrogens with one attached hydrogen (secondary N) is 1. The molecular formula is C19H14Cl2N2O5. The summed E-state index contributed by atoms with van der Waals surface area (Å²) >= 11 is 11.6. The molecule has 0 bridgehead atoms. The molecule has 1 N–H and O–H groups in total. The monoisotopic (exact) mass is 420 g/mol. The van der Waals surface area contributed by atoms with Crippen molar-refractivity contribution in [3.05, 3.63) is 69.2 Å². The summed E-state index contributed by atoms with van der Waals surface area (Å²) in [6.07, 6.45) is 0. The first-order valence-corrected chi connectivity index (χ1v) is 8.98. The van der Waals surface area contributed by atoms with Crippen LogP contribution in [0, 0.1) is 0 Å². The smallest absolute Gasteiger partial charge is 0.325 e. The lowest BCUT2D eigenvalue weighted by Crippen LogP contribution is -2.35. The molecule has 0 aromatic heterocycles. The maximum atomic E-state index is 12.2. The minimum atomic E-state index is -0.704. The summed E-state index contributed by atoms with van der Waals surface area (Å²) in [5, 5.41) is 2.92. The van der Waals surface area contributed by atoms with Crippen LogP contribution in [-0.4, -0.2) is 48.3 Å². The zero-order valence-corrected chi connectivity index (χ0v) is 15.9. The third-order valence-electron chi connectivity index (χ3n) is 4.03. The van der Waals surface area contributed by atoms with E-state index in [-0.39, 0.29) is 30.3 Å². The molecule has 1 aliphatic rings. The van der Waals surface area contributed by atoms with Crippen molar-refractivity contribution in [2.75, 3.05) is 19.7 Å². The van der Waals surface area contributed by atoms with Crippen LogP contribution in [0.2, 0.25) is 10.0 Å². The number of hydrogen-bond acceptors (Lipinski definition) is 5. The van der Waals surface area contributed by atoms with Crippen molar-refractivity contribution in [1.82, 2.24) is 10.2 Å². The topological polar surface area (TPSA) is 92.8 Å². The van der Waals surface area contributed by atoms with Gasteiger partial charge in [-0.2, -0.15) is 0 Å². The predicted molar refractivity (Wildman–Crippen MR) is 102 cm³/mol. The first kappa shape index (κ1) is 19.9. The maximum absolute atomic E-state index is 12.2. The second-order valence-corrected chi connectivity index (χ2v) is 6.65. The normalized spacial score (nSPS) is 12.7. The van der Waals surface area contributed by atoms with Crippen molar-refractivity contribution in [2.24, 2.45) is 0 Å². The van der Waals surface area contributed by atoms with Crippen molar-refractivity contribution < 1.29 is 23.9 Å². The number of rotatable bonds is 6. The van der Waals surface area contributed by atoms with Gasteiger partial charge in [-0.05, 0) is 30.3 Å². The van der Waals surface area contributed by atoms with Gasteiger partial charge in [-0.25, -0.2) is 0 Å². The Balaban J connectivity index is 1.45. The molecule has 3 rings (SSSR count). The van der Waals surface area contributed by atoms with Gasteiger partial charge in [-0.1, -0.05) is 35.3 Å². The van der Waals surface area contributed by atoms with Crippen molar-refractivity contribution in [2.45, 2.75) is 0 Å². The van der Waals surface area contributed by atoms with Gasteiger partial charge < -0.3 is 10.1 Å². The van der Waals surface area contributed by atoms with Gasteiger partial charge in [0.1, 0.15) is 13.2 Å². The van der Waals surface area contributed by atoms with Gasteiger partial charge in [0.2, 0.25) is 0 Å². The largest absolute Gasteiger partial charge is 0.462 e. The van der Waals surface area contributed by atoms with E-state index in [1.165, 1.54) is 18.2 Å². The summed E-state index contributed by atoms with van der Waals surface area (Å²) in [6.45, 7) is -0.618. The third-order valence-corrected chi connectivity index (χ3v) is 4.77. The summed E-state index contributed by atoms with van der Waals surface area (Å²) in [7, 11) is 0. The van der Waals surface area contributed by atoms with Gasteiger partial charge in [-0.3, -0.25) is 24.1 Å². The van der Waals surface area contributed by atoms with E-state index in [9.17, 15) is 19.2 Å². The number of ether oxygens (including phenoxy) is 1. The second-order valence-electron chi connectivity index (χ2n) is 5.84. The lowest BCUT2D eigenvalue weighted by Gasteiger charge is -2.14. The van der Waals surface area contributed by atoms with Crippen molar-refractivity contribution in [3.8, 4) is 0 Å². The second kappa shape index (κ2) is 8.41. The van der Waals surface area contributed by atoms with E-state index >= 15 is 0 Å². The number of fused-ring (bicyclic) bond motifs is 1. The van der Waals surface area contributed by atoms with Crippen LogP contribution in [0.15, 0.2) is 42.5 Å². The zero-order chi connectivity index (χ0) is 20.3. The molecule has 0 spiro atoms. The van der Waals surface area contributed by atoms with Gasteiger partial charge in [-0.15, -0.1) is 0 Å². The highest BCUT2D eigenvalue weighted by molar-refractivity contribution is 6.42. The molecule has 0 aliphatic carbocycles. The molecule has 9 heteroatoms. The summed E-state index contributed by atoms with van der Waals surface area (Å²) in [5.41, 5.74) is 0.897. The standard InChI is InChI=1S/C19H14Cl2N2O5/c20-14-6-5-11(9-15(14)21)17(25)22-10-16(24)28-8-7-23-18(26)12-3-1-2-4-13(12)19(23)27/h1-6,9H,7-8,10H2,(H,22,25). The Labute approximate surface area is 170 Å². The van der Waals surface area contributed by atoms with Gasteiger partial charge in [0.25, 0.3) is 17.7 Å². The average molecular weight is 421 g/mol. The van der Waals surface area contributed by atoms with E-state index in [2.05, 4.69) is 5.32 Å². The van der Waals surface area contributed by atoms with Crippen LogP contribution in [0.1, 0.15) is 31.1 Å². The highest BCUT2D eigenvalue weighted by Crippen LogP contribution is 2.23. The summed E-state index contributed by atoms with van der Waals surface area (Å²) in [6, 6.07) is 10.8. The molecule has 0 fully saturated rings. The Morgan fingerprint density at radius 2 is 1.61 bits per heavy atom. The van der Waals surface area contributed by atoms with E-state index < -0.39 is 23.7 Å². The molecule has 28 heavy (non-hydrogen) atoms. The summed E-state index contributed by atoms with van der Waals surface area (Å²) in [5.74, 6) is -2.07. The Bertz CT molecular complexity index is 942. The molecule has 144 valence electrons. The molecule has 2 aromatic rings. The van der Waals surface area contributed by atoms with E-state index in [4.69, 9.17) is 27.9 Å². The predicted octanol–water partition coefficient (Wildman–Crippen LogP) is 2.56. The lowest BCUT2D eigenvalue weighted by molar-refractivity contribution is -0.142. The number of benzene rings is 2. The number of halogens is 2. The molecule has 0 saturated heterocycles. The number of nitrogens with zero attached hydrogens (tertiary/aromatic N) is 1. The van der Waals surface area contributed by atoms with Crippen molar-refractivity contribution in [3.63, 3.8) is 0 Å². The molecule has 0 unspecified atom stereocenters. The third kappa shape index (κ3) is 4.16. The van der Waals surface area contributed by atoms with Crippen LogP contribution in [0.5, 0.6) is 0 Å². The SMILES string of the molecule is O=C(CNC(=O)c1ccc(Cl)c(Cl)c1)OCCN1C(=O)c2ccccc2C1=O. The number of amides is 3. The van der Waals surface area contributed by atoms with Crippen LogP contribution in [0.3, 0.4) is 0 Å². The van der Waals surface area contributed by atoms with Crippen LogP contribution < -0.4 is 5.32 Å². The number of imide groups is 1. The van der Waals surface area contributed by atoms with Crippen molar-refractivity contribution >= 4 is 46.9 Å². The van der Waals surface area contributed by atoms with Crippen LogP contribution in [0.25, 0.3) is 0 Å². The Hall–Kier alpha value is -2.90. The van der Waals surface area contributed by atoms with E-state index in [1.54, 1.807) is 24.3 Å². The minimum Gasteiger partial charge on any atom is -0.462 e. The van der Waals surface area contributed by atoms with Gasteiger partial charge in [0.15, 0.2) is 0 Å². The fourth-order valence-corrected chi connectivity index (χ4v) is 2.93. The Kier molecular flexibility index (Phi) is 5.96. The summed E-state index contributed by atoms with van der Waals surface area (Å²) in [4.78, 5) is 49.2. The van der Waals surface area contributed by atoms with Crippen LogP contribution in [-0.2, 0) is 9.53 Å². The number of carbonyl (C=O) groups is 4. The highest BCUT2D eigenvalue weighted by atomic mass is 35.5.